The van der Waals surface area contributed by atoms with Crippen molar-refractivity contribution in [2.24, 2.45) is 0 Å². The van der Waals surface area contributed by atoms with Crippen LogP contribution in [0.2, 0.25) is 0 Å². The molecule has 0 saturated carbocycles. The Labute approximate surface area is 184 Å². The molecule has 0 spiro atoms. The van der Waals surface area contributed by atoms with Crippen molar-refractivity contribution in [3.63, 3.8) is 0 Å². The number of likely N-dealkylation sites (tertiary alicyclic amines) is 1. The van der Waals surface area contributed by atoms with E-state index in [0.717, 1.165) is 55.4 Å². The Morgan fingerprint density at radius 2 is 1.90 bits per heavy atom. The zero-order valence-electron chi connectivity index (χ0n) is 18.0. The number of fused-ring (bicyclic) bond motifs is 1. The minimum Gasteiger partial charge on any atom is -0.497 e. The van der Waals surface area contributed by atoms with E-state index < -0.39 is 10.0 Å². The number of sulfonamides is 1. The van der Waals surface area contributed by atoms with Crippen molar-refractivity contribution in [1.29, 1.82) is 0 Å². The molecule has 1 amide bonds. The Kier molecular flexibility index (Phi) is 6.62. The predicted octanol–water partition coefficient (Wildman–Crippen LogP) is 3.61. The normalized spacial score (nSPS) is 18.6. The molecule has 2 aromatic rings. The average Bonchev–Trinajstić information content (AvgIpc) is 3.29. The number of methoxy groups -OCH3 is 1. The molecule has 2 aromatic carbocycles. The number of hydrogen-bond donors (Lipinski definition) is 1. The van der Waals surface area contributed by atoms with Crippen molar-refractivity contribution in [1.82, 2.24) is 9.62 Å². The molecule has 31 heavy (non-hydrogen) atoms. The van der Waals surface area contributed by atoms with Gasteiger partial charge in [0.1, 0.15) is 5.75 Å². The Bertz CT molecular complexity index is 1050. The second-order valence-corrected chi connectivity index (χ2v) is 10.1. The molecule has 7 heteroatoms. The van der Waals surface area contributed by atoms with E-state index in [-0.39, 0.29) is 29.8 Å². The second-order valence-electron chi connectivity index (χ2n) is 8.31. The van der Waals surface area contributed by atoms with Crippen molar-refractivity contribution >= 4 is 15.9 Å². The number of nitrogens with one attached hydrogen (secondary N) is 1. The number of carbonyl (C=O) groups is 1. The van der Waals surface area contributed by atoms with Crippen molar-refractivity contribution in [3.05, 3.63) is 59.2 Å². The number of nitrogens with zero attached hydrogens (tertiary/aromatic N) is 1. The highest BCUT2D eigenvalue weighted by Gasteiger charge is 2.30. The van der Waals surface area contributed by atoms with Crippen molar-refractivity contribution in [3.8, 4) is 5.75 Å². The SMILES string of the molecule is COc1cccc(C2CCCN2C(=O)CCNS(=O)(=O)c2ccc3c(c2)CCCC3)c1. The molecule has 0 bridgehead atoms. The molecule has 2 aliphatic rings. The summed E-state index contributed by atoms with van der Waals surface area (Å²) < 4.78 is 33.4. The first-order valence-electron chi connectivity index (χ1n) is 11.0. The third-order valence-electron chi connectivity index (χ3n) is 6.31. The molecule has 1 atom stereocenters. The van der Waals surface area contributed by atoms with Crippen LogP contribution in [0.5, 0.6) is 5.75 Å². The molecule has 1 fully saturated rings. The Morgan fingerprint density at radius 1 is 1.10 bits per heavy atom. The number of benzene rings is 2. The summed E-state index contributed by atoms with van der Waals surface area (Å²) in [6, 6.07) is 13.2. The fourth-order valence-electron chi connectivity index (χ4n) is 4.66. The summed E-state index contributed by atoms with van der Waals surface area (Å²) in [5, 5.41) is 0. The lowest BCUT2D eigenvalue weighted by molar-refractivity contribution is -0.131. The van der Waals surface area contributed by atoms with Crippen LogP contribution in [-0.4, -0.2) is 39.4 Å². The van der Waals surface area contributed by atoms with E-state index in [4.69, 9.17) is 4.74 Å². The molecule has 1 aliphatic carbocycles. The molecular formula is C24H30N2O4S. The van der Waals surface area contributed by atoms with Crippen LogP contribution in [-0.2, 0) is 27.7 Å². The molecule has 1 heterocycles. The molecule has 1 saturated heterocycles. The highest BCUT2D eigenvalue weighted by molar-refractivity contribution is 7.89. The number of rotatable bonds is 7. The minimum atomic E-state index is -3.62. The van der Waals surface area contributed by atoms with Crippen molar-refractivity contribution in [2.45, 2.75) is 55.9 Å². The lowest BCUT2D eigenvalue weighted by Gasteiger charge is -2.25. The summed E-state index contributed by atoms with van der Waals surface area (Å²) in [7, 11) is -1.99. The average molecular weight is 443 g/mol. The lowest BCUT2D eigenvalue weighted by Crippen LogP contribution is -2.34. The maximum Gasteiger partial charge on any atom is 0.240 e. The molecule has 1 N–H and O–H groups in total. The second kappa shape index (κ2) is 9.40. The van der Waals surface area contributed by atoms with Gasteiger partial charge < -0.3 is 9.64 Å². The van der Waals surface area contributed by atoms with Crippen LogP contribution in [0.25, 0.3) is 0 Å². The van der Waals surface area contributed by atoms with E-state index in [9.17, 15) is 13.2 Å². The number of aryl methyl sites for hydroxylation is 2. The molecule has 0 radical (unpaired) electrons. The molecule has 1 unspecified atom stereocenters. The highest BCUT2D eigenvalue weighted by atomic mass is 32.2. The number of carbonyl (C=O) groups excluding carboxylic acids is 1. The summed E-state index contributed by atoms with van der Waals surface area (Å²) >= 11 is 0. The Hall–Kier alpha value is -2.38. The Morgan fingerprint density at radius 3 is 2.71 bits per heavy atom. The van der Waals surface area contributed by atoms with Crippen molar-refractivity contribution < 1.29 is 17.9 Å². The molecule has 0 aromatic heterocycles. The summed E-state index contributed by atoms with van der Waals surface area (Å²) in [5.41, 5.74) is 3.43. The zero-order chi connectivity index (χ0) is 21.8. The fourth-order valence-corrected chi connectivity index (χ4v) is 5.74. The highest BCUT2D eigenvalue weighted by Crippen LogP contribution is 2.33. The molecule has 6 nitrogen and oxygen atoms in total. The van der Waals surface area contributed by atoms with Crippen LogP contribution in [0.1, 0.15) is 54.8 Å². The van der Waals surface area contributed by atoms with Gasteiger partial charge >= 0.3 is 0 Å². The van der Waals surface area contributed by atoms with E-state index in [1.807, 2.05) is 35.2 Å². The van der Waals surface area contributed by atoms with Crippen LogP contribution in [0.4, 0.5) is 0 Å². The van der Waals surface area contributed by atoms with Crippen molar-refractivity contribution in [2.75, 3.05) is 20.2 Å². The maximum absolute atomic E-state index is 12.9. The van der Waals surface area contributed by atoms with Crippen LogP contribution in [0.3, 0.4) is 0 Å². The number of hydrogen-bond acceptors (Lipinski definition) is 4. The zero-order valence-corrected chi connectivity index (χ0v) is 18.8. The van der Waals surface area contributed by atoms with E-state index >= 15 is 0 Å². The van der Waals surface area contributed by atoms with Gasteiger partial charge in [-0.2, -0.15) is 0 Å². The van der Waals surface area contributed by atoms with Gasteiger partial charge in [-0.05, 0) is 79.5 Å². The van der Waals surface area contributed by atoms with Crippen LogP contribution >= 0.6 is 0 Å². The van der Waals surface area contributed by atoms with Gasteiger partial charge in [0.25, 0.3) is 0 Å². The van der Waals surface area contributed by atoms with Crippen LogP contribution in [0.15, 0.2) is 47.4 Å². The van der Waals surface area contributed by atoms with Gasteiger partial charge in [-0.3, -0.25) is 4.79 Å². The standard InChI is InChI=1S/C24H30N2O4S/c1-30-21-9-4-8-20(16-21)23-10-5-15-26(23)24(27)13-14-25-31(28,29)22-12-11-18-6-2-3-7-19(18)17-22/h4,8-9,11-12,16-17,23,25H,2-3,5-7,10,13-15H2,1H3. The Balaban J connectivity index is 1.37. The molecule has 166 valence electrons. The first-order chi connectivity index (χ1) is 15.0. The van der Waals surface area contributed by atoms with E-state index in [0.29, 0.717) is 6.54 Å². The summed E-state index contributed by atoms with van der Waals surface area (Å²) in [6.45, 7) is 0.790. The smallest absolute Gasteiger partial charge is 0.240 e. The maximum atomic E-state index is 12.9. The van der Waals surface area contributed by atoms with Crippen LogP contribution in [0, 0.1) is 0 Å². The van der Waals surface area contributed by atoms with Gasteiger partial charge in [0, 0.05) is 19.5 Å². The molecular weight excluding hydrogens is 412 g/mol. The van der Waals surface area contributed by atoms with Gasteiger partial charge in [-0.15, -0.1) is 0 Å². The predicted molar refractivity (Wildman–Crippen MR) is 120 cm³/mol. The largest absolute Gasteiger partial charge is 0.497 e. The minimum absolute atomic E-state index is 0.0138. The third-order valence-corrected chi connectivity index (χ3v) is 7.77. The monoisotopic (exact) mass is 442 g/mol. The quantitative estimate of drug-likeness (QED) is 0.711. The topological polar surface area (TPSA) is 75.7 Å². The first kappa shape index (κ1) is 21.8. The fraction of sp³-hybridized carbons (Fsp3) is 0.458. The van der Waals surface area contributed by atoms with Gasteiger partial charge in [0.2, 0.25) is 15.9 Å². The summed E-state index contributed by atoms with van der Waals surface area (Å²) in [6.07, 6.45) is 6.19. The number of ether oxygens (including phenoxy) is 1. The van der Waals surface area contributed by atoms with Crippen LogP contribution < -0.4 is 9.46 Å². The van der Waals surface area contributed by atoms with E-state index in [2.05, 4.69) is 4.72 Å². The molecule has 4 rings (SSSR count). The van der Waals surface area contributed by atoms with E-state index in [1.54, 1.807) is 19.2 Å². The lowest BCUT2D eigenvalue weighted by atomic mass is 9.92. The van der Waals surface area contributed by atoms with Gasteiger partial charge in [0.05, 0.1) is 18.0 Å². The van der Waals surface area contributed by atoms with Gasteiger partial charge in [-0.25, -0.2) is 13.1 Å². The van der Waals surface area contributed by atoms with Gasteiger partial charge in [-0.1, -0.05) is 18.2 Å². The number of amides is 1. The first-order valence-corrected chi connectivity index (χ1v) is 12.5. The third kappa shape index (κ3) is 4.93. The van der Waals surface area contributed by atoms with E-state index in [1.165, 1.54) is 5.56 Å². The molecule has 1 aliphatic heterocycles. The summed E-state index contributed by atoms with van der Waals surface area (Å²) in [4.78, 5) is 15.0. The van der Waals surface area contributed by atoms with Gasteiger partial charge in [0.15, 0.2) is 0 Å². The summed E-state index contributed by atoms with van der Waals surface area (Å²) in [5.74, 6) is 0.744.